The fraction of sp³-hybridized carbons (Fsp3) is 0.462. The summed E-state index contributed by atoms with van der Waals surface area (Å²) in [6.45, 7) is 5.42. The van der Waals surface area contributed by atoms with Crippen molar-refractivity contribution in [1.29, 1.82) is 0 Å². The number of hydrogen-bond acceptors (Lipinski definition) is 3. The summed E-state index contributed by atoms with van der Waals surface area (Å²) >= 11 is 3.52. The molecule has 4 nitrogen and oxygen atoms in total. The molecule has 0 radical (unpaired) electrons. The molecule has 3 N–H and O–H groups in total. The zero-order valence-corrected chi connectivity index (χ0v) is 12.6. The van der Waals surface area contributed by atoms with Crippen LogP contribution in [0.15, 0.2) is 27.8 Å². The molecule has 0 aromatic heterocycles. The quantitative estimate of drug-likeness (QED) is 0.380. The molecule has 1 aromatic rings. The van der Waals surface area contributed by atoms with Crippen molar-refractivity contribution in [2.24, 2.45) is 16.8 Å². The van der Waals surface area contributed by atoms with Crippen LogP contribution in [-0.4, -0.2) is 24.6 Å². The van der Waals surface area contributed by atoms with Crippen LogP contribution >= 0.6 is 15.9 Å². The van der Waals surface area contributed by atoms with Crippen molar-refractivity contribution in [3.05, 3.63) is 28.2 Å². The molecule has 1 rings (SSSR count). The molecule has 0 fully saturated rings. The van der Waals surface area contributed by atoms with E-state index in [1.165, 1.54) is 0 Å². The van der Waals surface area contributed by atoms with Gasteiger partial charge in [0.15, 0.2) is 5.84 Å². The minimum Gasteiger partial charge on any atom is -0.409 e. The number of anilines is 1. The summed E-state index contributed by atoms with van der Waals surface area (Å²) in [5.41, 5.74) is 7.36. The van der Waals surface area contributed by atoms with E-state index in [4.69, 9.17) is 10.9 Å². The molecule has 18 heavy (non-hydrogen) atoms. The van der Waals surface area contributed by atoms with Gasteiger partial charge in [0, 0.05) is 23.6 Å². The number of oxime groups is 1. The highest BCUT2D eigenvalue weighted by atomic mass is 79.9. The van der Waals surface area contributed by atoms with E-state index in [-0.39, 0.29) is 5.84 Å². The van der Waals surface area contributed by atoms with Gasteiger partial charge in [-0.3, -0.25) is 0 Å². The second kappa shape index (κ2) is 6.64. The Kier molecular flexibility index (Phi) is 5.47. The van der Waals surface area contributed by atoms with Gasteiger partial charge in [-0.1, -0.05) is 25.4 Å². The van der Waals surface area contributed by atoms with E-state index in [9.17, 15) is 0 Å². The highest BCUT2D eigenvalue weighted by Crippen LogP contribution is 2.27. The Bertz CT molecular complexity index is 434. The van der Waals surface area contributed by atoms with Gasteiger partial charge in [-0.05, 0) is 40.0 Å². The normalized spacial score (nSPS) is 13.4. The molecule has 0 bridgehead atoms. The van der Waals surface area contributed by atoms with E-state index in [0.29, 0.717) is 11.5 Å². The van der Waals surface area contributed by atoms with Gasteiger partial charge in [0.05, 0.1) is 5.69 Å². The molecule has 1 aromatic carbocycles. The molecule has 0 saturated carbocycles. The molecular formula is C13H20BrN3O. The van der Waals surface area contributed by atoms with E-state index in [0.717, 1.165) is 23.1 Å². The topological polar surface area (TPSA) is 61.8 Å². The molecule has 0 heterocycles. The van der Waals surface area contributed by atoms with Crippen LogP contribution in [0.5, 0.6) is 0 Å². The third-order valence-electron chi connectivity index (χ3n) is 3.04. The number of rotatable bonds is 5. The molecule has 1 atom stereocenters. The molecule has 0 amide bonds. The molecule has 0 saturated heterocycles. The number of halogens is 1. The first-order chi connectivity index (χ1) is 8.49. The Morgan fingerprint density at radius 1 is 1.56 bits per heavy atom. The second-order valence-electron chi connectivity index (χ2n) is 4.55. The summed E-state index contributed by atoms with van der Waals surface area (Å²) in [6.07, 6.45) is 1.16. The van der Waals surface area contributed by atoms with Gasteiger partial charge in [-0.2, -0.15) is 0 Å². The fourth-order valence-electron chi connectivity index (χ4n) is 1.73. The maximum Gasteiger partial charge on any atom is 0.170 e. The van der Waals surface area contributed by atoms with E-state index >= 15 is 0 Å². The molecule has 100 valence electrons. The summed E-state index contributed by atoms with van der Waals surface area (Å²) in [5.74, 6) is 0.762. The van der Waals surface area contributed by atoms with Crippen LogP contribution in [-0.2, 0) is 0 Å². The molecular weight excluding hydrogens is 294 g/mol. The van der Waals surface area contributed by atoms with Gasteiger partial charge in [0.25, 0.3) is 0 Å². The van der Waals surface area contributed by atoms with Crippen LogP contribution in [0, 0.1) is 5.92 Å². The Labute approximate surface area is 117 Å². The predicted octanol–water partition coefficient (Wildman–Crippen LogP) is 3.03. The van der Waals surface area contributed by atoms with Crippen molar-refractivity contribution in [3.63, 3.8) is 0 Å². The molecule has 0 aliphatic rings. The summed E-state index contributed by atoms with van der Waals surface area (Å²) < 4.78 is 0.942. The summed E-state index contributed by atoms with van der Waals surface area (Å²) in [5, 5.41) is 11.6. The summed E-state index contributed by atoms with van der Waals surface area (Å²) in [6, 6.07) is 5.68. The Balaban J connectivity index is 2.92. The SMILES string of the molecule is CCC(C)CN(C)c1ccc(/C(N)=N/O)cc1Br. The van der Waals surface area contributed by atoms with Crippen molar-refractivity contribution in [2.75, 3.05) is 18.5 Å². The number of amidine groups is 1. The average Bonchev–Trinajstić information content (AvgIpc) is 2.37. The van der Waals surface area contributed by atoms with E-state index in [1.807, 2.05) is 18.2 Å². The standard InChI is InChI=1S/C13H20BrN3O/c1-4-9(2)8-17(3)12-6-5-10(7-11(12)14)13(15)16-18/h5-7,9,18H,4,8H2,1-3H3,(H2,15,16). The zero-order chi connectivity index (χ0) is 13.7. The maximum atomic E-state index is 8.65. The van der Waals surface area contributed by atoms with Crippen LogP contribution in [0.3, 0.4) is 0 Å². The number of benzene rings is 1. The lowest BCUT2D eigenvalue weighted by Crippen LogP contribution is -2.24. The third kappa shape index (κ3) is 3.63. The highest BCUT2D eigenvalue weighted by Gasteiger charge is 2.10. The summed E-state index contributed by atoms with van der Waals surface area (Å²) in [7, 11) is 2.06. The smallest absolute Gasteiger partial charge is 0.170 e. The minimum atomic E-state index is 0.117. The van der Waals surface area contributed by atoms with Crippen molar-refractivity contribution >= 4 is 27.5 Å². The lowest BCUT2D eigenvalue weighted by atomic mass is 10.1. The van der Waals surface area contributed by atoms with E-state index in [1.54, 1.807) is 0 Å². The first kappa shape index (κ1) is 14.8. The van der Waals surface area contributed by atoms with Crippen molar-refractivity contribution in [2.45, 2.75) is 20.3 Å². The van der Waals surface area contributed by atoms with Crippen molar-refractivity contribution in [3.8, 4) is 0 Å². The van der Waals surface area contributed by atoms with Crippen LogP contribution in [0.1, 0.15) is 25.8 Å². The first-order valence-corrected chi connectivity index (χ1v) is 6.77. The molecule has 0 spiro atoms. The van der Waals surface area contributed by atoms with Gasteiger partial charge in [-0.15, -0.1) is 0 Å². The molecule has 0 aliphatic carbocycles. The number of nitrogens with zero attached hydrogens (tertiary/aromatic N) is 2. The van der Waals surface area contributed by atoms with Gasteiger partial charge < -0.3 is 15.8 Å². The Morgan fingerprint density at radius 3 is 2.72 bits per heavy atom. The predicted molar refractivity (Wildman–Crippen MR) is 79.4 cm³/mol. The second-order valence-corrected chi connectivity index (χ2v) is 5.40. The zero-order valence-electron chi connectivity index (χ0n) is 11.0. The fourth-order valence-corrected chi connectivity index (χ4v) is 2.41. The third-order valence-corrected chi connectivity index (χ3v) is 3.68. The van der Waals surface area contributed by atoms with Gasteiger partial charge >= 0.3 is 0 Å². The van der Waals surface area contributed by atoms with E-state index < -0.39 is 0 Å². The number of nitrogens with two attached hydrogens (primary N) is 1. The van der Waals surface area contributed by atoms with Crippen molar-refractivity contribution < 1.29 is 5.21 Å². The largest absolute Gasteiger partial charge is 0.409 e. The molecule has 0 aliphatic heterocycles. The van der Waals surface area contributed by atoms with Gasteiger partial charge in [0.2, 0.25) is 0 Å². The average molecular weight is 314 g/mol. The Hall–Kier alpha value is -1.23. The summed E-state index contributed by atoms with van der Waals surface area (Å²) in [4.78, 5) is 2.20. The van der Waals surface area contributed by atoms with Crippen molar-refractivity contribution in [1.82, 2.24) is 0 Å². The first-order valence-electron chi connectivity index (χ1n) is 5.98. The van der Waals surface area contributed by atoms with Crippen LogP contribution < -0.4 is 10.6 Å². The lowest BCUT2D eigenvalue weighted by molar-refractivity contribution is 0.318. The highest BCUT2D eigenvalue weighted by molar-refractivity contribution is 9.10. The van der Waals surface area contributed by atoms with E-state index in [2.05, 4.69) is 46.9 Å². The monoisotopic (exact) mass is 313 g/mol. The van der Waals surface area contributed by atoms with Crippen LogP contribution in [0.25, 0.3) is 0 Å². The lowest BCUT2D eigenvalue weighted by Gasteiger charge is -2.24. The molecule has 1 unspecified atom stereocenters. The van der Waals surface area contributed by atoms with Gasteiger partial charge in [-0.25, -0.2) is 0 Å². The van der Waals surface area contributed by atoms with Crippen LogP contribution in [0.2, 0.25) is 0 Å². The van der Waals surface area contributed by atoms with Gasteiger partial charge in [0.1, 0.15) is 0 Å². The number of hydrogen-bond donors (Lipinski definition) is 2. The Morgan fingerprint density at radius 2 is 2.22 bits per heavy atom. The minimum absolute atomic E-state index is 0.117. The molecule has 5 heteroatoms. The van der Waals surface area contributed by atoms with Crippen LogP contribution in [0.4, 0.5) is 5.69 Å². The maximum absolute atomic E-state index is 8.65.